The molecule has 0 bridgehead atoms. The Kier molecular flexibility index (Phi) is 4.03. The van der Waals surface area contributed by atoms with Crippen LogP contribution in [0.1, 0.15) is 5.56 Å². The van der Waals surface area contributed by atoms with Crippen LogP contribution in [0.25, 0.3) is 0 Å². The average molecular weight is 245 g/mol. The molecule has 0 amide bonds. The van der Waals surface area contributed by atoms with E-state index >= 15 is 0 Å². The molecule has 5 nitrogen and oxygen atoms in total. The molecule has 0 aliphatic heterocycles. The lowest BCUT2D eigenvalue weighted by Crippen LogP contribution is -2.40. The third-order valence-corrected chi connectivity index (χ3v) is 3.05. The Labute approximate surface area is 95.2 Å². The van der Waals surface area contributed by atoms with E-state index in [2.05, 4.69) is 0 Å². The van der Waals surface area contributed by atoms with Crippen LogP contribution >= 0.6 is 0 Å². The molecule has 0 aliphatic carbocycles. The van der Waals surface area contributed by atoms with Gasteiger partial charge in [0.1, 0.15) is 5.75 Å². The number of sulfonamides is 1. The summed E-state index contributed by atoms with van der Waals surface area (Å²) in [5, 5.41) is 5.02. The highest BCUT2D eigenvalue weighted by Crippen LogP contribution is 2.26. The number of primary sulfonamides is 1. The van der Waals surface area contributed by atoms with E-state index in [1.165, 1.54) is 14.2 Å². The quantitative estimate of drug-likeness (QED) is 0.763. The normalized spacial score (nSPS) is 12.7. The molecule has 0 fully saturated rings. The van der Waals surface area contributed by atoms with Crippen LogP contribution in [-0.2, 0) is 25.3 Å². The fourth-order valence-corrected chi connectivity index (χ4v) is 2.41. The van der Waals surface area contributed by atoms with Crippen molar-refractivity contribution in [2.45, 2.75) is 5.79 Å². The Hall–Kier alpha value is -0.950. The Morgan fingerprint density at radius 1 is 1.19 bits per heavy atom. The van der Waals surface area contributed by atoms with E-state index in [-0.39, 0.29) is 0 Å². The summed E-state index contributed by atoms with van der Waals surface area (Å²) in [7, 11) is -0.951. The standard InChI is InChI=1S/C10H15NO4S/c1-14-10(15-2,8-16(11,12)13)9-6-4-3-5-7-9/h3-7H,8H2,1-2H3,(H2,11,12,13). The molecule has 2 N–H and O–H groups in total. The van der Waals surface area contributed by atoms with Crippen LogP contribution < -0.4 is 5.14 Å². The van der Waals surface area contributed by atoms with Gasteiger partial charge in [0, 0.05) is 19.8 Å². The van der Waals surface area contributed by atoms with Crippen LogP contribution in [0.15, 0.2) is 30.3 Å². The van der Waals surface area contributed by atoms with Gasteiger partial charge >= 0.3 is 0 Å². The van der Waals surface area contributed by atoms with E-state index in [0.29, 0.717) is 5.56 Å². The lowest BCUT2D eigenvalue weighted by Gasteiger charge is -2.30. The minimum atomic E-state index is -3.70. The molecule has 0 saturated heterocycles. The largest absolute Gasteiger partial charge is 0.348 e. The first-order valence-corrected chi connectivity index (χ1v) is 6.31. The fourth-order valence-electron chi connectivity index (χ4n) is 1.48. The van der Waals surface area contributed by atoms with Crippen LogP contribution in [-0.4, -0.2) is 28.4 Å². The number of rotatable bonds is 5. The van der Waals surface area contributed by atoms with Gasteiger partial charge in [-0.1, -0.05) is 30.3 Å². The van der Waals surface area contributed by atoms with Crippen LogP contribution in [0.2, 0.25) is 0 Å². The molecule has 0 atom stereocenters. The third kappa shape index (κ3) is 3.02. The van der Waals surface area contributed by atoms with Crippen LogP contribution in [0.5, 0.6) is 0 Å². The van der Waals surface area contributed by atoms with E-state index in [0.717, 1.165) is 0 Å². The lowest BCUT2D eigenvalue weighted by molar-refractivity contribution is -0.198. The van der Waals surface area contributed by atoms with Gasteiger partial charge in [0.25, 0.3) is 0 Å². The Morgan fingerprint density at radius 3 is 2.06 bits per heavy atom. The Bertz CT molecular complexity index is 425. The second-order valence-corrected chi connectivity index (χ2v) is 4.95. The van der Waals surface area contributed by atoms with Crippen molar-refractivity contribution in [1.29, 1.82) is 0 Å². The number of ether oxygens (including phenoxy) is 2. The second-order valence-electron chi connectivity index (χ2n) is 3.33. The topological polar surface area (TPSA) is 78.6 Å². The van der Waals surface area contributed by atoms with E-state index in [9.17, 15) is 8.42 Å². The van der Waals surface area contributed by atoms with Gasteiger partial charge in [0.15, 0.2) is 0 Å². The lowest BCUT2D eigenvalue weighted by atomic mass is 10.1. The molecule has 0 radical (unpaired) electrons. The molecule has 0 heterocycles. The van der Waals surface area contributed by atoms with Crippen LogP contribution in [0.4, 0.5) is 0 Å². The second kappa shape index (κ2) is 4.92. The van der Waals surface area contributed by atoms with Crippen molar-refractivity contribution in [3.8, 4) is 0 Å². The first-order valence-electron chi connectivity index (χ1n) is 4.60. The molecule has 90 valence electrons. The Morgan fingerprint density at radius 2 is 1.69 bits per heavy atom. The van der Waals surface area contributed by atoms with E-state index in [1.54, 1.807) is 24.3 Å². The Balaban J connectivity index is 3.16. The van der Waals surface area contributed by atoms with Crippen molar-refractivity contribution in [2.75, 3.05) is 20.0 Å². The summed E-state index contributed by atoms with van der Waals surface area (Å²) in [6.45, 7) is 0. The highest BCUT2D eigenvalue weighted by atomic mass is 32.2. The summed E-state index contributed by atoms with van der Waals surface area (Å²) >= 11 is 0. The number of hydrogen-bond acceptors (Lipinski definition) is 4. The SMILES string of the molecule is COC(CS(N)(=O)=O)(OC)c1ccccc1. The zero-order chi connectivity index (χ0) is 12.2. The molecule has 16 heavy (non-hydrogen) atoms. The average Bonchev–Trinajstić information content (AvgIpc) is 2.26. The maximum absolute atomic E-state index is 11.2. The van der Waals surface area contributed by atoms with Crippen molar-refractivity contribution in [3.63, 3.8) is 0 Å². The minimum Gasteiger partial charge on any atom is -0.348 e. The van der Waals surface area contributed by atoms with E-state index < -0.39 is 21.6 Å². The summed E-state index contributed by atoms with van der Waals surface area (Å²) in [6.07, 6.45) is 0. The highest BCUT2D eigenvalue weighted by Gasteiger charge is 2.36. The zero-order valence-corrected chi connectivity index (χ0v) is 10.0. The molecule has 0 aliphatic rings. The number of methoxy groups -OCH3 is 2. The molecule has 1 aromatic carbocycles. The first kappa shape index (κ1) is 13.1. The number of hydrogen-bond donors (Lipinski definition) is 1. The van der Waals surface area contributed by atoms with Gasteiger partial charge in [-0.05, 0) is 0 Å². The van der Waals surface area contributed by atoms with Gasteiger partial charge in [-0.15, -0.1) is 0 Å². The number of nitrogens with two attached hydrogens (primary N) is 1. The molecule has 6 heteroatoms. The van der Waals surface area contributed by atoms with Gasteiger partial charge in [0.2, 0.25) is 15.8 Å². The van der Waals surface area contributed by atoms with Crippen LogP contribution in [0.3, 0.4) is 0 Å². The molecule has 1 rings (SSSR count). The molecule has 0 spiro atoms. The third-order valence-electron chi connectivity index (χ3n) is 2.26. The van der Waals surface area contributed by atoms with Crippen LogP contribution in [0, 0.1) is 0 Å². The van der Waals surface area contributed by atoms with Crippen molar-refractivity contribution < 1.29 is 17.9 Å². The van der Waals surface area contributed by atoms with E-state index in [4.69, 9.17) is 14.6 Å². The highest BCUT2D eigenvalue weighted by molar-refractivity contribution is 7.89. The molecular weight excluding hydrogens is 230 g/mol. The van der Waals surface area contributed by atoms with Crippen molar-refractivity contribution in [1.82, 2.24) is 0 Å². The smallest absolute Gasteiger partial charge is 0.214 e. The van der Waals surface area contributed by atoms with Gasteiger partial charge < -0.3 is 9.47 Å². The summed E-state index contributed by atoms with van der Waals surface area (Å²) in [5.41, 5.74) is 0.606. The summed E-state index contributed by atoms with van der Waals surface area (Å²) in [6, 6.07) is 8.80. The minimum absolute atomic E-state index is 0.434. The van der Waals surface area contributed by atoms with Crippen molar-refractivity contribution in [3.05, 3.63) is 35.9 Å². The van der Waals surface area contributed by atoms with Crippen molar-refractivity contribution in [2.24, 2.45) is 5.14 Å². The predicted molar refractivity (Wildman–Crippen MR) is 60.1 cm³/mol. The van der Waals surface area contributed by atoms with Gasteiger partial charge in [-0.2, -0.15) is 0 Å². The molecule has 1 aromatic rings. The van der Waals surface area contributed by atoms with Gasteiger partial charge in [0.05, 0.1) is 0 Å². The summed E-state index contributed by atoms with van der Waals surface area (Å²) in [5.74, 6) is -1.79. The predicted octanol–water partition coefficient (Wildman–Crippen LogP) is 0.421. The fraction of sp³-hybridized carbons (Fsp3) is 0.400. The van der Waals surface area contributed by atoms with Gasteiger partial charge in [-0.25, -0.2) is 13.6 Å². The zero-order valence-electron chi connectivity index (χ0n) is 9.21. The summed E-state index contributed by atoms with van der Waals surface area (Å²) < 4.78 is 32.6. The number of benzene rings is 1. The molecule has 0 aromatic heterocycles. The van der Waals surface area contributed by atoms with E-state index in [1.807, 2.05) is 6.07 Å². The molecular formula is C10H15NO4S. The maximum Gasteiger partial charge on any atom is 0.214 e. The monoisotopic (exact) mass is 245 g/mol. The van der Waals surface area contributed by atoms with Crippen molar-refractivity contribution >= 4 is 10.0 Å². The molecule has 0 unspecified atom stereocenters. The maximum atomic E-state index is 11.2. The molecule has 0 saturated carbocycles. The van der Waals surface area contributed by atoms with Gasteiger partial charge in [-0.3, -0.25) is 0 Å². The first-order chi connectivity index (χ1) is 7.43. The summed E-state index contributed by atoms with van der Waals surface area (Å²) in [4.78, 5) is 0.